The van der Waals surface area contributed by atoms with Crippen LogP contribution in [-0.2, 0) is 4.79 Å². The van der Waals surface area contributed by atoms with Crippen molar-refractivity contribution in [2.75, 3.05) is 19.8 Å². The van der Waals surface area contributed by atoms with Gasteiger partial charge in [0, 0.05) is 5.56 Å². The third kappa shape index (κ3) is 6.12. The minimum Gasteiger partial charge on any atom is -0.490 e. The number of amides is 1. The Labute approximate surface area is 252 Å². The maximum atomic E-state index is 12.9. The van der Waals surface area contributed by atoms with E-state index in [1.807, 2.05) is 57.2 Å². The Kier molecular flexibility index (Phi) is 8.68. The summed E-state index contributed by atoms with van der Waals surface area (Å²) in [5.41, 5.74) is 3.41. The number of carbonyl (C=O) groups excluding carboxylic acids is 1. The summed E-state index contributed by atoms with van der Waals surface area (Å²) in [5, 5.41) is 16.2. The summed E-state index contributed by atoms with van der Waals surface area (Å²) in [7, 11) is 0. The van der Waals surface area contributed by atoms with Crippen LogP contribution in [0.2, 0.25) is 10.0 Å². The molecule has 41 heavy (non-hydrogen) atoms. The highest BCUT2D eigenvalue weighted by atomic mass is 35.5. The minimum atomic E-state index is -0.553. The molecule has 0 saturated heterocycles. The average Bonchev–Trinajstić information content (AvgIpc) is 3.36. The molecule has 11 heteroatoms. The van der Waals surface area contributed by atoms with Gasteiger partial charge in [0.25, 0.3) is 5.91 Å². The van der Waals surface area contributed by atoms with Crippen LogP contribution >= 0.6 is 35.0 Å². The number of aliphatic imine (C=N–C) groups is 1. The number of nitrogens with zero attached hydrogens (tertiary/aromatic N) is 3. The van der Waals surface area contributed by atoms with Crippen LogP contribution in [-0.4, -0.2) is 46.8 Å². The smallest absolute Gasteiger partial charge is 0.283 e. The molecule has 2 heterocycles. The van der Waals surface area contributed by atoms with Crippen molar-refractivity contribution in [3.05, 3.63) is 92.5 Å². The van der Waals surface area contributed by atoms with Gasteiger partial charge in [-0.1, -0.05) is 59.6 Å². The Bertz CT molecular complexity index is 1620. The second-order valence-corrected chi connectivity index (χ2v) is 10.9. The zero-order chi connectivity index (χ0) is 29.1. The zero-order valence-electron chi connectivity index (χ0n) is 22.5. The quantitative estimate of drug-likeness (QED) is 0.205. The maximum absolute atomic E-state index is 12.9. The molecule has 5 rings (SSSR count). The molecule has 1 N–H and O–H groups in total. The molecule has 2 aliphatic rings. The number of thioether (sulfide) groups is 1. The number of hydrogen-bond acceptors (Lipinski definition) is 7. The van der Waals surface area contributed by atoms with Crippen molar-refractivity contribution in [1.82, 2.24) is 5.01 Å². The Hall–Kier alpha value is -3.79. The molecule has 1 amide bonds. The van der Waals surface area contributed by atoms with Crippen LogP contribution < -0.4 is 14.2 Å². The first-order valence-electron chi connectivity index (χ1n) is 12.8. The van der Waals surface area contributed by atoms with Crippen molar-refractivity contribution in [3.8, 4) is 17.2 Å². The standard InChI is InChI=1S/C30H26Cl2N4O4S/c1-4-38-24-16-19(15-23(32)26(24)40-13-12-39-25-17(2)8-7-9-18(25)3)14-21-27(33)36-30(34-28(21)37)41-29(35-36)20-10-5-6-11-22(20)31/h5-11,14-16,33H,4,12-13H2,1-3H3/b21-14-,33-27?. The molecule has 210 valence electrons. The number of nitrogens with one attached hydrogen (secondary N) is 1. The highest BCUT2D eigenvalue weighted by molar-refractivity contribution is 8.27. The summed E-state index contributed by atoms with van der Waals surface area (Å²) in [6.45, 7) is 6.77. The number of carbonyl (C=O) groups is 1. The first kappa shape index (κ1) is 28.7. The molecular formula is C30H26Cl2N4O4S. The number of rotatable bonds is 9. The predicted octanol–water partition coefficient (Wildman–Crippen LogP) is 7.13. The van der Waals surface area contributed by atoms with Crippen molar-refractivity contribution >= 4 is 63.0 Å². The number of halogens is 2. The fourth-order valence-electron chi connectivity index (χ4n) is 4.29. The van der Waals surface area contributed by atoms with E-state index in [1.165, 1.54) is 16.8 Å². The first-order chi connectivity index (χ1) is 19.8. The largest absolute Gasteiger partial charge is 0.490 e. The first-order valence-corrected chi connectivity index (χ1v) is 14.4. The predicted molar refractivity (Wildman–Crippen MR) is 165 cm³/mol. The highest BCUT2D eigenvalue weighted by Gasteiger charge is 2.36. The molecule has 0 bridgehead atoms. The molecule has 3 aromatic rings. The summed E-state index contributed by atoms with van der Waals surface area (Å²) in [4.78, 5) is 17.1. The lowest BCUT2D eigenvalue weighted by Crippen LogP contribution is -2.35. The number of aryl methyl sites for hydroxylation is 2. The third-order valence-electron chi connectivity index (χ3n) is 6.19. The normalized spacial score (nSPS) is 15.5. The van der Waals surface area contributed by atoms with E-state index in [0.29, 0.717) is 56.1 Å². The van der Waals surface area contributed by atoms with E-state index in [4.69, 9.17) is 42.8 Å². The van der Waals surface area contributed by atoms with Gasteiger partial charge in [-0.25, -0.2) is 0 Å². The van der Waals surface area contributed by atoms with E-state index in [-0.39, 0.29) is 18.0 Å². The van der Waals surface area contributed by atoms with Crippen molar-refractivity contribution in [1.29, 1.82) is 5.41 Å². The van der Waals surface area contributed by atoms with Gasteiger partial charge in [-0.05, 0) is 73.5 Å². The van der Waals surface area contributed by atoms with E-state index < -0.39 is 5.91 Å². The van der Waals surface area contributed by atoms with Crippen LogP contribution in [0.15, 0.2) is 70.3 Å². The number of hydrazone groups is 1. The fraction of sp³-hybridized carbons (Fsp3) is 0.200. The van der Waals surface area contributed by atoms with Crippen LogP contribution in [0.5, 0.6) is 17.2 Å². The molecular weight excluding hydrogens is 583 g/mol. The van der Waals surface area contributed by atoms with Gasteiger partial charge in [0.2, 0.25) is 5.17 Å². The Morgan fingerprint density at radius 3 is 2.37 bits per heavy atom. The number of ether oxygens (including phenoxy) is 3. The number of hydrogen-bond donors (Lipinski definition) is 1. The van der Waals surface area contributed by atoms with Gasteiger partial charge >= 0.3 is 0 Å². The summed E-state index contributed by atoms with van der Waals surface area (Å²) < 4.78 is 17.7. The van der Waals surface area contributed by atoms with Gasteiger partial charge < -0.3 is 14.2 Å². The Morgan fingerprint density at radius 1 is 0.951 bits per heavy atom. The highest BCUT2D eigenvalue weighted by Crippen LogP contribution is 2.38. The fourth-order valence-corrected chi connectivity index (χ4v) is 5.78. The van der Waals surface area contributed by atoms with Gasteiger partial charge in [-0.15, -0.1) is 0 Å². The summed E-state index contributed by atoms with van der Waals surface area (Å²) in [6, 6.07) is 16.6. The molecule has 0 saturated carbocycles. The molecule has 0 unspecified atom stereocenters. The van der Waals surface area contributed by atoms with Crippen LogP contribution in [0.3, 0.4) is 0 Å². The monoisotopic (exact) mass is 608 g/mol. The summed E-state index contributed by atoms with van der Waals surface area (Å²) in [5.74, 6) is 0.957. The minimum absolute atomic E-state index is 0.0627. The third-order valence-corrected chi connectivity index (χ3v) is 7.74. The van der Waals surface area contributed by atoms with Gasteiger partial charge in [0.15, 0.2) is 17.3 Å². The number of benzene rings is 3. The Balaban J connectivity index is 1.35. The SMILES string of the molecule is CCOc1cc(/C=C2/C(=N)N3N=C(c4ccccc4Cl)SC3=NC2=O)cc(Cl)c1OCCOc1c(C)cccc1C. The van der Waals surface area contributed by atoms with E-state index in [2.05, 4.69) is 10.1 Å². The maximum Gasteiger partial charge on any atom is 0.283 e. The lowest BCUT2D eigenvalue weighted by molar-refractivity contribution is -0.114. The molecule has 0 spiro atoms. The number of para-hydroxylation sites is 1. The zero-order valence-corrected chi connectivity index (χ0v) is 24.9. The van der Waals surface area contributed by atoms with E-state index >= 15 is 0 Å². The molecule has 3 aromatic carbocycles. The molecule has 0 fully saturated rings. The molecule has 0 aromatic heterocycles. The van der Waals surface area contributed by atoms with E-state index in [1.54, 1.807) is 24.3 Å². The van der Waals surface area contributed by atoms with Crippen molar-refractivity contribution in [3.63, 3.8) is 0 Å². The topological polar surface area (TPSA) is 96.6 Å². The molecule has 2 aliphatic heterocycles. The summed E-state index contributed by atoms with van der Waals surface area (Å²) >= 11 is 14.1. The van der Waals surface area contributed by atoms with Gasteiger partial charge in [-0.3, -0.25) is 10.2 Å². The van der Waals surface area contributed by atoms with E-state index in [9.17, 15) is 4.79 Å². The van der Waals surface area contributed by atoms with Gasteiger partial charge in [0.05, 0.1) is 22.2 Å². The Morgan fingerprint density at radius 2 is 1.66 bits per heavy atom. The van der Waals surface area contributed by atoms with Crippen LogP contribution in [0.25, 0.3) is 6.08 Å². The lowest BCUT2D eigenvalue weighted by Gasteiger charge is -2.20. The molecule has 8 nitrogen and oxygen atoms in total. The second kappa shape index (κ2) is 12.4. The average molecular weight is 610 g/mol. The van der Waals surface area contributed by atoms with Crippen LogP contribution in [0.4, 0.5) is 0 Å². The molecule has 0 radical (unpaired) electrons. The van der Waals surface area contributed by atoms with E-state index in [0.717, 1.165) is 16.9 Å². The van der Waals surface area contributed by atoms with Crippen LogP contribution in [0, 0.1) is 19.3 Å². The van der Waals surface area contributed by atoms with Gasteiger partial charge in [-0.2, -0.15) is 15.1 Å². The summed E-state index contributed by atoms with van der Waals surface area (Å²) in [6.07, 6.45) is 1.54. The lowest BCUT2D eigenvalue weighted by atomic mass is 10.1. The number of fused-ring (bicyclic) bond motifs is 1. The van der Waals surface area contributed by atoms with Crippen LogP contribution in [0.1, 0.15) is 29.2 Å². The second-order valence-electron chi connectivity index (χ2n) is 9.09. The van der Waals surface area contributed by atoms with Gasteiger partial charge in [0.1, 0.15) is 24.0 Å². The molecule has 0 atom stereocenters. The van der Waals surface area contributed by atoms with Crippen molar-refractivity contribution < 1.29 is 19.0 Å². The van der Waals surface area contributed by atoms with Crippen molar-refractivity contribution in [2.24, 2.45) is 10.1 Å². The molecule has 0 aliphatic carbocycles. The number of amidine groups is 2. The van der Waals surface area contributed by atoms with Crippen molar-refractivity contribution in [2.45, 2.75) is 20.8 Å².